The van der Waals surface area contributed by atoms with Crippen molar-refractivity contribution in [1.29, 1.82) is 0 Å². The van der Waals surface area contributed by atoms with Crippen LogP contribution in [0.2, 0.25) is 0 Å². The molecule has 0 aliphatic heterocycles. The summed E-state index contributed by atoms with van der Waals surface area (Å²) < 4.78 is 7.00. The normalized spacial score (nSPS) is 11.1. The molecule has 15 heavy (non-hydrogen) atoms. The zero-order valence-corrected chi connectivity index (χ0v) is 9.94. The molecule has 84 valence electrons. The molecule has 4 nitrogen and oxygen atoms in total. The van der Waals surface area contributed by atoms with E-state index in [1.165, 1.54) is 6.92 Å². The minimum absolute atomic E-state index is 0.316. The number of hydrogen-bond acceptors (Lipinski definition) is 3. The maximum Gasteiger partial charge on any atom is 0.309 e. The molecule has 0 amide bonds. The predicted molar refractivity (Wildman–Crippen MR) is 58.0 cm³/mol. The standard InChI is InChI=1S/C11H18N2O2/c1-7(2)11-12-10(15-9(5)14)6-13(11)8(3)4/h6-8H,1-5H3. The first-order valence-electron chi connectivity index (χ1n) is 5.19. The number of ether oxygens (including phenoxy) is 1. The summed E-state index contributed by atoms with van der Waals surface area (Å²) in [6, 6.07) is 0.319. The lowest BCUT2D eigenvalue weighted by Crippen LogP contribution is -2.06. The van der Waals surface area contributed by atoms with Crippen molar-refractivity contribution in [3.05, 3.63) is 12.0 Å². The maximum atomic E-state index is 10.8. The van der Waals surface area contributed by atoms with Crippen molar-refractivity contribution in [1.82, 2.24) is 9.55 Å². The van der Waals surface area contributed by atoms with Gasteiger partial charge in [-0.15, -0.1) is 0 Å². The summed E-state index contributed by atoms with van der Waals surface area (Å²) in [5, 5.41) is 0. The molecule has 0 fully saturated rings. The first kappa shape index (κ1) is 11.8. The summed E-state index contributed by atoms with van der Waals surface area (Å²) >= 11 is 0. The molecule has 0 N–H and O–H groups in total. The monoisotopic (exact) mass is 210 g/mol. The van der Waals surface area contributed by atoms with E-state index in [9.17, 15) is 4.79 Å². The summed E-state index contributed by atoms with van der Waals surface area (Å²) in [5.74, 6) is 1.32. The second-order valence-corrected chi connectivity index (χ2v) is 4.19. The molecule has 0 bridgehead atoms. The molecule has 0 aliphatic rings. The van der Waals surface area contributed by atoms with Crippen LogP contribution in [0, 0.1) is 0 Å². The molecule has 1 aromatic heterocycles. The van der Waals surface area contributed by atoms with Gasteiger partial charge in [0.25, 0.3) is 0 Å². The average Bonchev–Trinajstić information content (AvgIpc) is 2.46. The van der Waals surface area contributed by atoms with E-state index < -0.39 is 0 Å². The highest BCUT2D eigenvalue weighted by Crippen LogP contribution is 2.22. The van der Waals surface area contributed by atoms with Gasteiger partial charge in [-0.2, -0.15) is 4.98 Å². The van der Waals surface area contributed by atoms with Gasteiger partial charge in [0.1, 0.15) is 5.82 Å². The van der Waals surface area contributed by atoms with Crippen molar-refractivity contribution in [2.24, 2.45) is 0 Å². The van der Waals surface area contributed by atoms with Crippen LogP contribution >= 0.6 is 0 Å². The summed E-state index contributed by atoms with van der Waals surface area (Å²) in [6.45, 7) is 9.66. The van der Waals surface area contributed by atoms with Gasteiger partial charge in [-0.1, -0.05) is 13.8 Å². The topological polar surface area (TPSA) is 44.1 Å². The van der Waals surface area contributed by atoms with E-state index in [-0.39, 0.29) is 5.97 Å². The minimum Gasteiger partial charge on any atom is -0.406 e. The average molecular weight is 210 g/mol. The molecular weight excluding hydrogens is 192 g/mol. The van der Waals surface area contributed by atoms with Crippen LogP contribution in [-0.2, 0) is 4.79 Å². The molecule has 0 spiro atoms. The highest BCUT2D eigenvalue weighted by Gasteiger charge is 2.14. The highest BCUT2D eigenvalue weighted by molar-refractivity contribution is 5.68. The van der Waals surface area contributed by atoms with Crippen LogP contribution < -0.4 is 4.74 Å². The smallest absolute Gasteiger partial charge is 0.309 e. The molecule has 0 unspecified atom stereocenters. The molecular formula is C11H18N2O2. The SMILES string of the molecule is CC(=O)Oc1cn(C(C)C)c(C(C)C)n1. The summed E-state index contributed by atoms with van der Waals surface area (Å²) in [4.78, 5) is 15.1. The van der Waals surface area contributed by atoms with Crippen LogP contribution in [0.4, 0.5) is 0 Å². The molecule has 0 atom stereocenters. The molecule has 1 rings (SSSR count). The lowest BCUT2D eigenvalue weighted by atomic mass is 10.2. The van der Waals surface area contributed by atoms with E-state index in [2.05, 4.69) is 32.7 Å². The Balaban J connectivity index is 3.03. The van der Waals surface area contributed by atoms with E-state index >= 15 is 0 Å². The lowest BCUT2D eigenvalue weighted by molar-refractivity contribution is -0.132. The first-order valence-corrected chi connectivity index (χ1v) is 5.19. The summed E-state index contributed by atoms with van der Waals surface area (Å²) in [5.41, 5.74) is 0. The third-order valence-corrected chi connectivity index (χ3v) is 2.06. The lowest BCUT2D eigenvalue weighted by Gasteiger charge is -2.12. The maximum absolute atomic E-state index is 10.8. The van der Waals surface area contributed by atoms with Gasteiger partial charge in [-0.25, -0.2) is 0 Å². The van der Waals surface area contributed by atoms with Crippen LogP contribution in [-0.4, -0.2) is 15.5 Å². The molecule has 1 heterocycles. The number of imidazole rings is 1. The third-order valence-electron chi connectivity index (χ3n) is 2.06. The van der Waals surface area contributed by atoms with Crippen LogP contribution in [0.1, 0.15) is 52.4 Å². The summed E-state index contributed by atoms with van der Waals surface area (Å²) in [6.07, 6.45) is 1.78. The first-order chi connectivity index (χ1) is 6.91. The van der Waals surface area contributed by atoms with Crippen LogP contribution in [0.5, 0.6) is 5.88 Å². The number of esters is 1. The molecule has 1 aromatic rings. The van der Waals surface area contributed by atoms with Crippen LogP contribution in [0.3, 0.4) is 0 Å². The van der Waals surface area contributed by atoms with E-state index in [1.807, 2.05) is 4.57 Å². The van der Waals surface area contributed by atoms with E-state index in [4.69, 9.17) is 4.74 Å². The van der Waals surface area contributed by atoms with E-state index in [0.717, 1.165) is 5.82 Å². The Morgan fingerprint density at radius 3 is 2.33 bits per heavy atom. The van der Waals surface area contributed by atoms with Gasteiger partial charge in [0.15, 0.2) is 0 Å². The van der Waals surface area contributed by atoms with Gasteiger partial charge in [0, 0.05) is 18.9 Å². The quantitative estimate of drug-likeness (QED) is 0.720. The van der Waals surface area contributed by atoms with Gasteiger partial charge in [-0.3, -0.25) is 4.79 Å². The number of carbonyl (C=O) groups excluding carboxylic acids is 1. The predicted octanol–water partition coefficient (Wildman–Crippen LogP) is 2.51. The Morgan fingerprint density at radius 2 is 2.00 bits per heavy atom. The van der Waals surface area contributed by atoms with Gasteiger partial charge in [-0.05, 0) is 13.8 Å². The molecule has 0 saturated heterocycles. The fourth-order valence-electron chi connectivity index (χ4n) is 1.42. The zero-order valence-electron chi connectivity index (χ0n) is 9.94. The second-order valence-electron chi connectivity index (χ2n) is 4.19. The Hall–Kier alpha value is -1.32. The van der Waals surface area contributed by atoms with E-state index in [1.54, 1.807) is 6.20 Å². The number of nitrogens with zero attached hydrogens (tertiary/aromatic N) is 2. The summed E-state index contributed by atoms with van der Waals surface area (Å²) in [7, 11) is 0. The molecule has 4 heteroatoms. The van der Waals surface area contributed by atoms with Crippen LogP contribution in [0.15, 0.2) is 6.20 Å². The molecule has 0 saturated carbocycles. The van der Waals surface area contributed by atoms with Crippen molar-refractivity contribution in [3.8, 4) is 5.88 Å². The largest absolute Gasteiger partial charge is 0.406 e. The van der Waals surface area contributed by atoms with Crippen molar-refractivity contribution in [2.45, 2.75) is 46.6 Å². The van der Waals surface area contributed by atoms with Gasteiger partial charge in [0.2, 0.25) is 5.88 Å². The number of rotatable bonds is 3. The van der Waals surface area contributed by atoms with Crippen molar-refractivity contribution in [3.63, 3.8) is 0 Å². The number of carbonyl (C=O) groups is 1. The van der Waals surface area contributed by atoms with E-state index in [0.29, 0.717) is 17.8 Å². The second kappa shape index (κ2) is 4.47. The Bertz CT molecular complexity index is 328. The fourth-order valence-corrected chi connectivity index (χ4v) is 1.42. The van der Waals surface area contributed by atoms with Gasteiger partial charge >= 0.3 is 5.97 Å². The van der Waals surface area contributed by atoms with Gasteiger partial charge < -0.3 is 9.30 Å². The zero-order chi connectivity index (χ0) is 11.6. The molecule has 0 radical (unpaired) electrons. The number of aromatic nitrogens is 2. The Labute approximate surface area is 90.3 Å². The van der Waals surface area contributed by atoms with Crippen molar-refractivity contribution >= 4 is 5.97 Å². The third kappa shape index (κ3) is 2.81. The van der Waals surface area contributed by atoms with Crippen molar-refractivity contribution < 1.29 is 9.53 Å². The van der Waals surface area contributed by atoms with Gasteiger partial charge in [0.05, 0.1) is 6.20 Å². The Kier molecular flexibility index (Phi) is 3.50. The highest BCUT2D eigenvalue weighted by atomic mass is 16.5. The molecule has 0 aliphatic carbocycles. The minimum atomic E-state index is -0.335. The fraction of sp³-hybridized carbons (Fsp3) is 0.636. The number of hydrogen-bond donors (Lipinski definition) is 0. The molecule has 0 aromatic carbocycles. The van der Waals surface area contributed by atoms with Crippen LogP contribution in [0.25, 0.3) is 0 Å². The Morgan fingerprint density at radius 1 is 1.40 bits per heavy atom. The van der Waals surface area contributed by atoms with Crippen molar-refractivity contribution in [2.75, 3.05) is 0 Å².